The van der Waals surface area contributed by atoms with E-state index < -0.39 is 17.5 Å². The van der Waals surface area contributed by atoms with Crippen LogP contribution in [-0.4, -0.2) is 12.2 Å². The summed E-state index contributed by atoms with van der Waals surface area (Å²) in [5, 5.41) is 13.3. The molecule has 0 bridgehead atoms. The number of hydrogen-bond donors (Lipinski definition) is 2. The van der Waals surface area contributed by atoms with Gasteiger partial charge in [-0.25, -0.2) is 0 Å². The van der Waals surface area contributed by atoms with Crippen molar-refractivity contribution in [2.45, 2.75) is 46.5 Å². The Morgan fingerprint density at radius 2 is 1.78 bits per heavy atom. The number of ether oxygens (including phenoxy) is 1. The van der Waals surface area contributed by atoms with Crippen LogP contribution in [0.5, 0.6) is 11.5 Å². The molecule has 0 unspecified atom stereocenters. The van der Waals surface area contributed by atoms with Crippen molar-refractivity contribution < 1.29 is 23.0 Å². The Morgan fingerprint density at radius 1 is 1.11 bits per heavy atom. The van der Waals surface area contributed by atoms with Gasteiger partial charge in [-0.3, -0.25) is 0 Å². The number of phenols is 1. The number of halogens is 3. The molecule has 2 aromatic rings. The molecule has 2 N–H and O–H groups in total. The molecule has 0 saturated heterocycles. The third-order valence-corrected chi connectivity index (χ3v) is 4.30. The molecule has 0 spiro atoms. The van der Waals surface area contributed by atoms with E-state index in [0.29, 0.717) is 6.42 Å². The van der Waals surface area contributed by atoms with E-state index in [2.05, 4.69) is 5.32 Å². The Labute approximate surface area is 158 Å². The van der Waals surface area contributed by atoms with Gasteiger partial charge in [0.25, 0.3) is 0 Å². The van der Waals surface area contributed by atoms with Crippen LogP contribution >= 0.6 is 0 Å². The minimum absolute atomic E-state index is 0.00722. The van der Waals surface area contributed by atoms with Gasteiger partial charge in [-0.1, -0.05) is 38.1 Å². The Kier molecular flexibility index (Phi) is 6.76. The lowest BCUT2D eigenvalue weighted by atomic mass is 9.98. The highest BCUT2D eigenvalue weighted by molar-refractivity contribution is 5.51. The molecule has 0 fully saturated rings. The monoisotopic (exact) mass is 381 g/mol. The van der Waals surface area contributed by atoms with Gasteiger partial charge in [0.2, 0.25) is 0 Å². The van der Waals surface area contributed by atoms with Crippen LogP contribution in [0.15, 0.2) is 30.3 Å². The summed E-state index contributed by atoms with van der Waals surface area (Å²) in [7, 11) is 1.85. The summed E-state index contributed by atoms with van der Waals surface area (Å²) in [4.78, 5) is 0. The smallest absolute Gasteiger partial charge is 0.423 e. The van der Waals surface area contributed by atoms with Crippen molar-refractivity contribution >= 4 is 0 Å². The average molecular weight is 381 g/mol. The molecule has 0 aliphatic heterocycles. The minimum Gasteiger partial charge on any atom is -0.507 e. The molecular formula is C21H26F3NO2. The number of nitrogens with one attached hydrogen (secondary N) is 1. The molecule has 27 heavy (non-hydrogen) atoms. The number of aryl methyl sites for hydroxylation is 1. The highest BCUT2D eigenvalue weighted by Gasteiger charge is 2.39. The Morgan fingerprint density at radius 3 is 2.33 bits per heavy atom. The highest BCUT2D eigenvalue weighted by Crippen LogP contribution is 2.44. The van der Waals surface area contributed by atoms with Crippen molar-refractivity contribution in [2.75, 3.05) is 7.05 Å². The number of phenolic OH excluding ortho intramolecular Hbond substituents is 1. The van der Waals surface area contributed by atoms with E-state index >= 15 is 0 Å². The van der Waals surface area contributed by atoms with Gasteiger partial charge in [0.05, 0.1) is 0 Å². The van der Waals surface area contributed by atoms with Gasteiger partial charge in [0.15, 0.2) is 0 Å². The predicted octanol–water partition coefficient (Wildman–Crippen LogP) is 5.22. The van der Waals surface area contributed by atoms with Crippen LogP contribution in [0.3, 0.4) is 0 Å². The van der Waals surface area contributed by atoms with E-state index in [9.17, 15) is 18.3 Å². The Hall–Kier alpha value is -2.21. The van der Waals surface area contributed by atoms with Gasteiger partial charge in [-0.2, -0.15) is 13.2 Å². The van der Waals surface area contributed by atoms with E-state index in [0.717, 1.165) is 23.2 Å². The summed E-state index contributed by atoms with van der Waals surface area (Å²) in [6.07, 6.45) is -4.33. The number of aromatic hydroxyl groups is 1. The second-order valence-electron chi connectivity index (χ2n) is 7.12. The molecule has 6 heteroatoms. The Balaban J connectivity index is 2.28. The summed E-state index contributed by atoms with van der Waals surface area (Å²) in [5.41, 5.74) is 2.09. The van der Waals surface area contributed by atoms with E-state index in [4.69, 9.17) is 4.74 Å². The van der Waals surface area contributed by atoms with Crippen LogP contribution in [0.2, 0.25) is 0 Å². The van der Waals surface area contributed by atoms with Gasteiger partial charge in [0.1, 0.15) is 23.7 Å². The van der Waals surface area contributed by atoms with Crippen molar-refractivity contribution in [3.8, 4) is 11.5 Å². The summed E-state index contributed by atoms with van der Waals surface area (Å²) >= 11 is 0. The van der Waals surface area contributed by atoms with Crippen molar-refractivity contribution in [1.29, 1.82) is 0 Å². The van der Waals surface area contributed by atoms with Crippen molar-refractivity contribution in [3.63, 3.8) is 0 Å². The zero-order valence-electron chi connectivity index (χ0n) is 16.1. The maximum Gasteiger partial charge on any atom is 0.423 e. The van der Waals surface area contributed by atoms with E-state index in [-0.39, 0.29) is 23.8 Å². The lowest BCUT2D eigenvalue weighted by Crippen LogP contribution is -2.11. The third-order valence-electron chi connectivity index (χ3n) is 4.30. The maximum atomic E-state index is 13.5. The van der Waals surface area contributed by atoms with Gasteiger partial charge >= 0.3 is 6.18 Å². The van der Waals surface area contributed by atoms with Crippen LogP contribution in [0.4, 0.5) is 13.2 Å². The summed E-state index contributed by atoms with van der Waals surface area (Å²) in [5.74, 6) is -0.971. The minimum atomic E-state index is -4.70. The molecule has 0 aromatic heterocycles. The number of rotatable bonds is 7. The average Bonchev–Trinajstić information content (AvgIpc) is 2.56. The van der Waals surface area contributed by atoms with Crippen LogP contribution < -0.4 is 10.1 Å². The Bertz CT molecular complexity index is 786. The van der Waals surface area contributed by atoms with Crippen LogP contribution in [0.1, 0.15) is 41.7 Å². The molecule has 0 radical (unpaired) electrons. The molecule has 0 saturated carbocycles. The first-order chi connectivity index (χ1) is 12.6. The summed E-state index contributed by atoms with van der Waals surface area (Å²) in [6.45, 7) is 6.43. The van der Waals surface area contributed by atoms with Gasteiger partial charge in [-0.05, 0) is 54.6 Å². The molecule has 2 rings (SSSR count). The lowest BCUT2D eigenvalue weighted by Gasteiger charge is -2.18. The van der Waals surface area contributed by atoms with Crippen LogP contribution in [0, 0.1) is 12.8 Å². The molecule has 0 aliphatic carbocycles. The zero-order valence-corrected chi connectivity index (χ0v) is 16.1. The van der Waals surface area contributed by atoms with E-state index in [1.54, 1.807) is 0 Å². The van der Waals surface area contributed by atoms with Crippen LogP contribution in [-0.2, 0) is 25.7 Å². The second kappa shape index (κ2) is 8.65. The molecule has 0 atom stereocenters. The molecule has 3 nitrogen and oxygen atoms in total. The fraction of sp³-hybridized carbons (Fsp3) is 0.429. The molecular weight excluding hydrogens is 355 g/mol. The summed E-state index contributed by atoms with van der Waals surface area (Å²) in [6, 6.07) is 8.45. The number of hydrogen-bond acceptors (Lipinski definition) is 3. The zero-order chi connectivity index (χ0) is 20.2. The first-order valence-corrected chi connectivity index (χ1v) is 8.91. The SMILES string of the molecule is CNCc1ccc(COc2ccc(CC(C)C)c(O)c2C(F)(F)F)cc1C. The standard InChI is InChI=1S/C21H26F3NO2/c1-13(2)9-16-7-8-18(19(20(16)26)21(22,23)24)27-12-15-5-6-17(11-25-4)14(3)10-15/h5-8,10,13,25-26H,9,11-12H2,1-4H3. The first-order valence-electron chi connectivity index (χ1n) is 8.91. The normalized spacial score (nSPS) is 11.9. The van der Waals surface area contributed by atoms with Gasteiger partial charge in [-0.15, -0.1) is 0 Å². The predicted molar refractivity (Wildman–Crippen MR) is 99.9 cm³/mol. The molecule has 148 valence electrons. The first kappa shape index (κ1) is 21.1. The molecule has 0 heterocycles. The lowest BCUT2D eigenvalue weighted by molar-refractivity contribution is -0.140. The van der Waals surface area contributed by atoms with E-state index in [1.807, 2.05) is 46.0 Å². The van der Waals surface area contributed by atoms with Crippen molar-refractivity contribution in [3.05, 3.63) is 58.1 Å². The number of benzene rings is 2. The quantitative estimate of drug-likeness (QED) is 0.691. The maximum absolute atomic E-state index is 13.5. The highest BCUT2D eigenvalue weighted by atomic mass is 19.4. The molecule has 2 aromatic carbocycles. The third kappa shape index (κ3) is 5.39. The van der Waals surface area contributed by atoms with Gasteiger partial charge in [0, 0.05) is 6.54 Å². The van der Waals surface area contributed by atoms with E-state index in [1.165, 1.54) is 12.1 Å². The number of alkyl halides is 3. The fourth-order valence-electron chi connectivity index (χ4n) is 3.01. The second-order valence-corrected chi connectivity index (χ2v) is 7.12. The molecule has 0 aliphatic rings. The fourth-order valence-corrected chi connectivity index (χ4v) is 3.01. The summed E-state index contributed by atoms with van der Waals surface area (Å²) < 4.78 is 46.0. The molecule has 0 amide bonds. The van der Waals surface area contributed by atoms with Crippen molar-refractivity contribution in [2.24, 2.45) is 5.92 Å². The topological polar surface area (TPSA) is 41.5 Å². The van der Waals surface area contributed by atoms with Gasteiger partial charge < -0.3 is 15.2 Å². The van der Waals surface area contributed by atoms with Crippen molar-refractivity contribution in [1.82, 2.24) is 5.32 Å². The van der Waals surface area contributed by atoms with Crippen LogP contribution in [0.25, 0.3) is 0 Å². The largest absolute Gasteiger partial charge is 0.507 e.